The number of carbonyl (C=O) groups is 1. The van der Waals surface area contributed by atoms with E-state index in [-0.39, 0.29) is 23.3 Å². The summed E-state index contributed by atoms with van der Waals surface area (Å²) in [6.45, 7) is 1.92. The lowest BCUT2D eigenvalue weighted by Crippen LogP contribution is -2.25. The number of anilines is 1. The third-order valence-electron chi connectivity index (χ3n) is 6.15. The molecule has 192 valence electrons. The topological polar surface area (TPSA) is 119 Å². The van der Waals surface area contributed by atoms with Crippen LogP contribution in [-0.2, 0) is 21.2 Å². The number of nitrogens with one attached hydrogen (secondary N) is 2. The Morgan fingerprint density at radius 2 is 1.92 bits per heavy atom. The largest absolute Gasteiger partial charge is 0.326 e. The molecule has 3 aromatic heterocycles. The molecule has 5 aromatic rings. The quantitative estimate of drug-likeness (QED) is 0.297. The lowest BCUT2D eigenvalue weighted by atomic mass is 10.1. The van der Waals surface area contributed by atoms with E-state index in [0.29, 0.717) is 17.2 Å². The van der Waals surface area contributed by atoms with Crippen LogP contribution in [0.15, 0.2) is 77.1 Å². The molecule has 0 spiro atoms. The fraction of sp³-hybridized carbons (Fsp3) is 0.185. The van der Waals surface area contributed by atoms with E-state index in [4.69, 9.17) is 5.10 Å². The Morgan fingerprint density at radius 3 is 2.74 bits per heavy atom. The van der Waals surface area contributed by atoms with Gasteiger partial charge in [0.15, 0.2) is 5.82 Å². The minimum Gasteiger partial charge on any atom is -0.326 e. The van der Waals surface area contributed by atoms with Gasteiger partial charge in [0.25, 0.3) is 0 Å². The zero-order chi connectivity index (χ0) is 26.3. The molecule has 0 radical (unpaired) electrons. The third kappa shape index (κ3) is 5.21. The molecule has 1 fully saturated rings. The Hall–Kier alpha value is -3.93. The number of nitrogens with zero attached hydrogens (tertiary/aromatic N) is 4. The van der Waals surface area contributed by atoms with Crippen molar-refractivity contribution in [3.05, 3.63) is 83.6 Å². The first kappa shape index (κ1) is 24.4. The molecule has 2 N–H and O–H groups in total. The fourth-order valence-electron chi connectivity index (χ4n) is 4.16. The van der Waals surface area contributed by atoms with Crippen LogP contribution in [-0.4, -0.2) is 40.1 Å². The molecule has 2 aromatic carbocycles. The maximum Gasteiger partial charge on any atom is 0.240 e. The number of carbonyl (C=O) groups excluding carboxylic acids is 1. The summed E-state index contributed by atoms with van der Waals surface area (Å²) in [6.07, 6.45) is 1.70. The van der Waals surface area contributed by atoms with E-state index in [9.17, 15) is 13.2 Å². The summed E-state index contributed by atoms with van der Waals surface area (Å²) in [5.41, 5.74) is 6.30. The molecule has 1 aliphatic rings. The second-order valence-electron chi connectivity index (χ2n) is 9.25. The van der Waals surface area contributed by atoms with Crippen LogP contribution in [0.3, 0.4) is 0 Å². The molecule has 0 bridgehead atoms. The highest BCUT2D eigenvalue weighted by Crippen LogP contribution is 2.29. The molecule has 0 unspecified atom stereocenters. The third-order valence-corrected chi connectivity index (χ3v) is 8.46. The summed E-state index contributed by atoms with van der Waals surface area (Å²) < 4.78 is 30.6. The predicted molar refractivity (Wildman–Crippen MR) is 147 cm³/mol. The lowest BCUT2D eigenvalue weighted by Gasteiger charge is -2.09. The van der Waals surface area contributed by atoms with E-state index in [1.807, 2.05) is 48.8 Å². The van der Waals surface area contributed by atoms with E-state index in [0.717, 1.165) is 40.0 Å². The number of hydrogen-bond donors (Lipinski definition) is 2. The maximum atomic E-state index is 13.0. The molecule has 6 rings (SSSR count). The minimum absolute atomic E-state index is 0.00207. The highest BCUT2D eigenvalue weighted by Gasteiger charge is 2.28. The Bertz CT molecular complexity index is 1770. The standard InChI is InChI=1S/C27H24N6O3S2/c1-17-4-2-7-26(29-17)33-24(18-8-11-23-25(12-18)37-16-28-23)14-21(31-33)15-27(34)30-20-5-3-6-22(13-20)38(35,36)32-19-9-10-19/h2-8,11-14,16,19,32H,9-10,15H2,1H3,(H,30,34). The molecular weight excluding hydrogens is 520 g/mol. The van der Waals surface area contributed by atoms with Crippen molar-refractivity contribution in [3.8, 4) is 17.1 Å². The molecule has 0 atom stereocenters. The Morgan fingerprint density at radius 1 is 1.08 bits per heavy atom. The summed E-state index contributed by atoms with van der Waals surface area (Å²) in [4.78, 5) is 22.1. The molecule has 9 nitrogen and oxygen atoms in total. The second kappa shape index (κ2) is 9.75. The van der Waals surface area contributed by atoms with Crippen molar-refractivity contribution in [2.75, 3.05) is 5.32 Å². The van der Waals surface area contributed by atoms with Gasteiger partial charge < -0.3 is 5.32 Å². The zero-order valence-corrected chi connectivity index (χ0v) is 22.1. The van der Waals surface area contributed by atoms with Crippen LogP contribution in [0.5, 0.6) is 0 Å². The lowest BCUT2D eigenvalue weighted by molar-refractivity contribution is -0.115. The minimum atomic E-state index is -3.62. The van der Waals surface area contributed by atoms with Gasteiger partial charge in [-0.3, -0.25) is 4.79 Å². The van der Waals surface area contributed by atoms with Crippen molar-refractivity contribution >= 4 is 43.2 Å². The number of thiazole rings is 1. The van der Waals surface area contributed by atoms with E-state index < -0.39 is 10.0 Å². The number of rotatable bonds is 8. The van der Waals surface area contributed by atoms with Crippen LogP contribution in [0.4, 0.5) is 5.69 Å². The predicted octanol–water partition coefficient (Wildman–Crippen LogP) is 4.47. The van der Waals surface area contributed by atoms with E-state index in [2.05, 4.69) is 26.1 Å². The van der Waals surface area contributed by atoms with Crippen molar-refractivity contribution in [1.82, 2.24) is 24.5 Å². The average molecular weight is 545 g/mol. The second-order valence-corrected chi connectivity index (χ2v) is 11.9. The summed E-state index contributed by atoms with van der Waals surface area (Å²) in [5, 5.41) is 7.53. The Balaban J connectivity index is 1.27. The number of aromatic nitrogens is 4. The van der Waals surface area contributed by atoms with Crippen LogP contribution in [0, 0.1) is 6.92 Å². The maximum absolute atomic E-state index is 13.0. The van der Waals surface area contributed by atoms with Crippen molar-refractivity contribution < 1.29 is 13.2 Å². The molecule has 0 aliphatic heterocycles. The van der Waals surface area contributed by atoms with Crippen LogP contribution in [0.25, 0.3) is 27.3 Å². The van der Waals surface area contributed by atoms with Crippen molar-refractivity contribution in [1.29, 1.82) is 0 Å². The van der Waals surface area contributed by atoms with E-state index in [1.165, 1.54) is 12.1 Å². The summed E-state index contributed by atoms with van der Waals surface area (Å²) in [7, 11) is -3.62. The van der Waals surface area contributed by atoms with Crippen molar-refractivity contribution in [2.24, 2.45) is 0 Å². The van der Waals surface area contributed by atoms with Gasteiger partial charge in [-0.05, 0) is 68.3 Å². The molecule has 1 aliphatic carbocycles. The average Bonchev–Trinajstić information content (AvgIpc) is 3.39. The Labute approximate surface area is 223 Å². The van der Waals surface area contributed by atoms with Gasteiger partial charge in [-0.15, -0.1) is 11.3 Å². The first-order valence-electron chi connectivity index (χ1n) is 12.1. The van der Waals surface area contributed by atoms with Gasteiger partial charge in [0, 0.05) is 23.0 Å². The number of aryl methyl sites for hydroxylation is 1. The summed E-state index contributed by atoms with van der Waals surface area (Å²) in [6, 6.07) is 19.9. The molecule has 1 amide bonds. The SMILES string of the molecule is Cc1cccc(-n2nc(CC(=O)Nc3cccc(S(=O)(=O)NC4CC4)c3)cc2-c2ccc3ncsc3c2)n1. The van der Waals surface area contributed by atoms with Gasteiger partial charge >= 0.3 is 0 Å². The van der Waals surface area contributed by atoms with Gasteiger partial charge in [0.05, 0.1) is 38.4 Å². The van der Waals surface area contributed by atoms with Gasteiger partial charge in [-0.1, -0.05) is 18.2 Å². The molecular formula is C27H24N6O3S2. The summed E-state index contributed by atoms with van der Waals surface area (Å²) >= 11 is 1.56. The van der Waals surface area contributed by atoms with Crippen LogP contribution in [0.2, 0.25) is 0 Å². The van der Waals surface area contributed by atoms with Gasteiger partial charge in [-0.25, -0.2) is 27.8 Å². The van der Waals surface area contributed by atoms with Crippen molar-refractivity contribution in [2.45, 2.75) is 37.1 Å². The number of pyridine rings is 1. The number of benzene rings is 2. The molecule has 38 heavy (non-hydrogen) atoms. The summed E-state index contributed by atoms with van der Waals surface area (Å²) in [5.74, 6) is 0.346. The van der Waals surface area contributed by atoms with E-state index >= 15 is 0 Å². The highest BCUT2D eigenvalue weighted by molar-refractivity contribution is 7.89. The van der Waals surface area contributed by atoms with Crippen LogP contribution < -0.4 is 10.0 Å². The highest BCUT2D eigenvalue weighted by atomic mass is 32.2. The first-order chi connectivity index (χ1) is 18.3. The van der Waals surface area contributed by atoms with Crippen LogP contribution >= 0.6 is 11.3 Å². The normalized spacial score (nSPS) is 13.6. The van der Waals surface area contributed by atoms with Gasteiger partial charge in [0.1, 0.15) is 0 Å². The smallest absolute Gasteiger partial charge is 0.240 e. The molecule has 1 saturated carbocycles. The van der Waals surface area contributed by atoms with Crippen molar-refractivity contribution in [3.63, 3.8) is 0 Å². The number of hydrogen-bond acceptors (Lipinski definition) is 7. The van der Waals surface area contributed by atoms with E-state index in [1.54, 1.807) is 28.2 Å². The number of amides is 1. The molecule has 0 saturated heterocycles. The van der Waals surface area contributed by atoms with Crippen LogP contribution in [0.1, 0.15) is 24.2 Å². The molecule has 11 heteroatoms. The van der Waals surface area contributed by atoms with Gasteiger partial charge in [0.2, 0.25) is 15.9 Å². The Kier molecular flexibility index (Phi) is 6.26. The zero-order valence-electron chi connectivity index (χ0n) is 20.5. The monoisotopic (exact) mass is 544 g/mol. The molecule has 3 heterocycles. The number of fused-ring (bicyclic) bond motifs is 1. The fourth-order valence-corrected chi connectivity index (χ4v) is 6.22. The number of sulfonamides is 1. The first-order valence-corrected chi connectivity index (χ1v) is 14.5. The van der Waals surface area contributed by atoms with Gasteiger partial charge in [-0.2, -0.15) is 5.10 Å².